The van der Waals surface area contributed by atoms with Crippen molar-refractivity contribution in [3.05, 3.63) is 65.2 Å². The normalized spacial score (nSPS) is 18.1. The highest BCUT2D eigenvalue weighted by Gasteiger charge is 2.22. The van der Waals surface area contributed by atoms with Gasteiger partial charge in [0.2, 0.25) is 0 Å². The summed E-state index contributed by atoms with van der Waals surface area (Å²) in [6, 6.07) is 16.0. The second kappa shape index (κ2) is 6.29. The Hall–Kier alpha value is -1.84. The zero-order valence-electron chi connectivity index (χ0n) is 12.3. The van der Waals surface area contributed by atoms with E-state index in [0.29, 0.717) is 6.54 Å². The summed E-state index contributed by atoms with van der Waals surface area (Å²) in [6.45, 7) is 3.39. The van der Waals surface area contributed by atoms with Crippen LogP contribution in [0.3, 0.4) is 0 Å². The van der Waals surface area contributed by atoms with Crippen LogP contribution < -0.4 is 10.1 Å². The molecule has 0 aliphatic carbocycles. The highest BCUT2D eigenvalue weighted by Crippen LogP contribution is 2.29. The molecule has 2 N–H and O–H groups in total. The monoisotopic (exact) mass is 283 g/mol. The molecule has 1 heterocycles. The SMILES string of the molecule is Cc1ccc2c(c1)CC(CNCC(O)c1ccccc1)O2. The highest BCUT2D eigenvalue weighted by molar-refractivity contribution is 5.40. The molecular formula is C18H21NO2. The van der Waals surface area contributed by atoms with Gasteiger partial charge >= 0.3 is 0 Å². The molecule has 0 radical (unpaired) electrons. The van der Waals surface area contributed by atoms with Crippen LogP contribution in [0.4, 0.5) is 0 Å². The Morgan fingerprint density at radius 2 is 2.05 bits per heavy atom. The van der Waals surface area contributed by atoms with Crippen LogP contribution in [0.25, 0.3) is 0 Å². The fraction of sp³-hybridized carbons (Fsp3) is 0.333. The lowest BCUT2D eigenvalue weighted by atomic mass is 10.1. The van der Waals surface area contributed by atoms with E-state index in [-0.39, 0.29) is 6.10 Å². The van der Waals surface area contributed by atoms with Gasteiger partial charge in [-0.25, -0.2) is 0 Å². The minimum atomic E-state index is -0.475. The summed E-state index contributed by atoms with van der Waals surface area (Å²) >= 11 is 0. The molecule has 1 aliphatic rings. The van der Waals surface area contributed by atoms with E-state index in [9.17, 15) is 5.11 Å². The Morgan fingerprint density at radius 3 is 2.86 bits per heavy atom. The number of aliphatic hydroxyl groups excluding tert-OH is 1. The first-order valence-corrected chi connectivity index (χ1v) is 7.42. The van der Waals surface area contributed by atoms with Gasteiger partial charge in [0, 0.05) is 19.5 Å². The molecule has 0 amide bonds. The van der Waals surface area contributed by atoms with Crippen molar-refractivity contribution in [3.63, 3.8) is 0 Å². The van der Waals surface area contributed by atoms with E-state index in [1.54, 1.807) is 0 Å². The van der Waals surface area contributed by atoms with E-state index in [2.05, 4.69) is 24.4 Å². The Balaban J connectivity index is 1.47. The number of hydrogen-bond acceptors (Lipinski definition) is 3. The average molecular weight is 283 g/mol. The van der Waals surface area contributed by atoms with Crippen LogP contribution in [-0.4, -0.2) is 24.3 Å². The van der Waals surface area contributed by atoms with Gasteiger partial charge in [-0.1, -0.05) is 48.0 Å². The van der Waals surface area contributed by atoms with E-state index in [1.807, 2.05) is 36.4 Å². The molecule has 2 atom stereocenters. The number of benzene rings is 2. The molecule has 2 unspecified atom stereocenters. The Morgan fingerprint density at radius 1 is 1.24 bits per heavy atom. The summed E-state index contributed by atoms with van der Waals surface area (Å²) < 4.78 is 5.91. The van der Waals surface area contributed by atoms with Crippen LogP contribution in [0.5, 0.6) is 5.75 Å². The van der Waals surface area contributed by atoms with Gasteiger partial charge in [-0.2, -0.15) is 0 Å². The quantitative estimate of drug-likeness (QED) is 0.886. The second-order valence-corrected chi connectivity index (χ2v) is 5.64. The van der Waals surface area contributed by atoms with Crippen LogP contribution in [-0.2, 0) is 6.42 Å². The molecule has 1 aliphatic heterocycles. The number of aliphatic hydroxyl groups is 1. The van der Waals surface area contributed by atoms with Gasteiger partial charge in [-0.15, -0.1) is 0 Å². The summed E-state index contributed by atoms with van der Waals surface area (Å²) in [5.74, 6) is 0.996. The van der Waals surface area contributed by atoms with E-state index in [1.165, 1.54) is 11.1 Å². The summed E-state index contributed by atoms with van der Waals surface area (Å²) in [4.78, 5) is 0. The lowest BCUT2D eigenvalue weighted by Gasteiger charge is -2.15. The van der Waals surface area contributed by atoms with Gasteiger partial charge in [0.25, 0.3) is 0 Å². The van der Waals surface area contributed by atoms with Crippen molar-refractivity contribution in [2.75, 3.05) is 13.1 Å². The molecule has 0 saturated heterocycles. The van der Waals surface area contributed by atoms with Crippen molar-refractivity contribution in [3.8, 4) is 5.75 Å². The molecule has 2 aromatic rings. The van der Waals surface area contributed by atoms with Crippen molar-refractivity contribution in [1.82, 2.24) is 5.32 Å². The van der Waals surface area contributed by atoms with Crippen molar-refractivity contribution in [1.29, 1.82) is 0 Å². The topological polar surface area (TPSA) is 41.5 Å². The smallest absolute Gasteiger partial charge is 0.123 e. The van der Waals surface area contributed by atoms with Gasteiger partial charge in [-0.3, -0.25) is 0 Å². The summed E-state index contributed by atoms with van der Waals surface area (Å²) in [6.07, 6.45) is 0.618. The van der Waals surface area contributed by atoms with Crippen molar-refractivity contribution < 1.29 is 9.84 Å². The van der Waals surface area contributed by atoms with Gasteiger partial charge in [0.15, 0.2) is 0 Å². The van der Waals surface area contributed by atoms with Crippen molar-refractivity contribution in [2.45, 2.75) is 25.6 Å². The Labute approximate surface area is 125 Å². The third-order valence-corrected chi connectivity index (χ3v) is 3.85. The number of aryl methyl sites for hydroxylation is 1. The summed E-state index contributed by atoms with van der Waals surface area (Å²) in [5.41, 5.74) is 3.49. The molecule has 0 aromatic heterocycles. The van der Waals surface area contributed by atoms with Crippen LogP contribution in [0.2, 0.25) is 0 Å². The van der Waals surface area contributed by atoms with Crippen molar-refractivity contribution >= 4 is 0 Å². The first-order chi connectivity index (χ1) is 10.2. The lowest BCUT2D eigenvalue weighted by Crippen LogP contribution is -2.32. The predicted molar refractivity (Wildman–Crippen MR) is 83.6 cm³/mol. The van der Waals surface area contributed by atoms with E-state index in [0.717, 1.165) is 24.3 Å². The van der Waals surface area contributed by atoms with Crippen LogP contribution in [0.1, 0.15) is 22.8 Å². The predicted octanol–water partition coefficient (Wildman–Crippen LogP) is 2.62. The first kappa shape index (κ1) is 14.1. The highest BCUT2D eigenvalue weighted by atomic mass is 16.5. The molecular weight excluding hydrogens is 262 g/mol. The van der Waals surface area contributed by atoms with Crippen LogP contribution in [0, 0.1) is 6.92 Å². The van der Waals surface area contributed by atoms with Gasteiger partial charge < -0.3 is 15.2 Å². The average Bonchev–Trinajstić information content (AvgIpc) is 2.89. The number of rotatable bonds is 5. The summed E-state index contributed by atoms with van der Waals surface area (Å²) in [5, 5.41) is 13.4. The fourth-order valence-corrected chi connectivity index (χ4v) is 2.74. The number of hydrogen-bond donors (Lipinski definition) is 2. The number of fused-ring (bicyclic) bond motifs is 1. The van der Waals surface area contributed by atoms with Gasteiger partial charge in [0.05, 0.1) is 6.10 Å². The molecule has 0 spiro atoms. The standard InChI is InChI=1S/C18H21NO2/c1-13-7-8-18-15(9-13)10-16(21-18)11-19-12-17(20)14-5-3-2-4-6-14/h2-9,16-17,19-20H,10-12H2,1H3. The first-order valence-electron chi connectivity index (χ1n) is 7.42. The molecule has 0 saturated carbocycles. The van der Waals surface area contributed by atoms with Crippen LogP contribution >= 0.6 is 0 Å². The molecule has 3 rings (SSSR count). The molecule has 0 bridgehead atoms. The zero-order chi connectivity index (χ0) is 14.7. The van der Waals surface area contributed by atoms with E-state index < -0.39 is 6.10 Å². The minimum absolute atomic E-state index is 0.157. The third-order valence-electron chi connectivity index (χ3n) is 3.85. The maximum Gasteiger partial charge on any atom is 0.123 e. The minimum Gasteiger partial charge on any atom is -0.488 e. The lowest BCUT2D eigenvalue weighted by molar-refractivity contribution is 0.163. The number of nitrogens with one attached hydrogen (secondary N) is 1. The third kappa shape index (κ3) is 3.43. The molecule has 0 fully saturated rings. The molecule has 21 heavy (non-hydrogen) atoms. The van der Waals surface area contributed by atoms with E-state index in [4.69, 9.17) is 4.74 Å². The van der Waals surface area contributed by atoms with Gasteiger partial charge in [0.1, 0.15) is 11.9 Å². The Bertz CT molecular complexity index is 597. The fourth-order valence-electron chi connectivity index (χ4n) is 2.74. The Kier molecular flexibility index (Phi) is 4.23. The molecule has 3 nitrogen and oxygen atoms in total. The zero-order valence-corrected chi connectivity index (χ0v) is 12.3. The second-order valence-electron chi connectivity index (χ2n) is 5.64. The van der Waals surface area contributed by atoms with Crippen LogP contribution in [0.15, 0.2) is 48.5 Å². The van der Waals surface area contributed by atoms with Crippen molar-refractivity contribution in [2.24, 2.45) is 0 Å². The van der Waals surface area contributed by atoms with Gasteiger partial charge in [-0.05, 0) is 24.1 Å². The molecule has 110 valence electrons. The largest absolute Gasteiger partial charge is 0.488 e. The summed E-state index contributed by atoms with van der Waals surface area (Å²) in [7, 11) is 0. The van der Waals surface area contributed by atoms with E-state index >= 15 is 0 Å². The molecule has 3 heteroatoms. The maximum absolute atomic E-state index is 10.1. The number of ether oxygens (including phenoxy) is 1. The molecule has 2 aromatic carbocycles. The maximum atomic E-state index is 10.1.